The minimum atomic E-state index is 0.362. The van der Waals surface area contributed by atoms with E-state index in [0.29, 0.717) is 17.7 Å². The van der Waals surface area contributed by atoms with Crippen LogP contribution in [0.3, 0.4) is 0 Å². The van der Waals surface area contributed by atoms with Crippen molar-refractivity contribution < 1.29 is 9.47 Å². The van der Waals surface area contributed by atoms with Gasteiger partial charge in [-0.05, 0) is 24.6 Å². The number of hydrogen-bond donors (Lipinski definition) is 0. The number of fused-ring (bicyclic) bond motifs is 1. The average Bonchev–Trinajstić information content (AvgIpc) is 2.47. The van der Waals surface area contributed by atoms with Crippen molar-refractivity contribution in [2.45, 2.75) is 12.3 Å². The molecule has 1 atom stereocenters. The molecule has 0 saturated heterocycles. The molecule has 0 fully saturated rings. The fourth-order valence-electron chi connectivity index (χ4n) is 2.23. The third-order valence-electron chi connectivity index (χ3n) is 3.23. The molecule has 0 bridgehead atoms. The standard InChI is InChI=1S/C15H14ClNO2/c16-15-6-5-12(9-17-15)19-10-11-7-8-18-14-4-2-1-3-13(11)14/h1-6,9,11H,7-8,10H2. The minimum absolute atomic E-state index is 0.362. The molecule has 0 radical (unpaired) electrons. The summed E-state index contributed by atoms with van der Waals surface area (Å²) in [5.74, 6) is 2.07. The lowest BCUT2D eigenvalue weighted by atomic mass is 9.94. The van der Waals surface area contributed by atoms with Crippen LogP contribution in [0.15, 0.2) is 42.6 Å². The normalized spacial score (nSPS) is 17.4. The topological polar surface area (TPSA) is 31.4 Å². The Labute approximate surface area is 117 Å². The maximum absolute atomic E-state index is 5.78. The Kier molecular flexibility index (Phi) is 3.56. The summed E-state index contributed by atoms with van der Waals surface area (Å²) >= 11 is 5.74. The van der Waals surface area contributed by atoms with E-state index in [2.05, 4.69) is 11.1 Å². The van der Waals surface area contributed by atoms with Crippen molar-refractivity contribution in [1.82, 2.24) is 4.98 Å². The van der Waals surface area contributed by atoms with Gasteiger partial charge in [0.25, 0.3) is 0 Å². The van der Waals surface area contributed by atoms with Gasteiger partial charge in [0.15, 0.2) is 0 Å². The Bertz CT molecular complexity index is 556. The number of rotatable bonds is 3. The van der Waals surface area contributed by atoms with Gasteiger partial charge in [0.05, 0.1) is 19.4 Å². The maximum atomic E-state index is 5.78. The van der Waals surface area contributed by atoms with Gasteiger partial charge in [0, 0.05) is 11.5 Å². The first-order chi connectivity index (χ1) is 9.33. The Hall–Kier alpha value is -1.74. The van der Waals surface area contributed by atoms with Gasteiger partial charge < -0.3 is 9.47 Å². The van der Waals surface area contributed by atoms with E-state index in [9.17, 15) is 0 Å². The molecule has 3 rings (SSSR count). The van der Waals surface area contributed by atoms with Crippen LogP contribution in [-0.2, 0) is 0 Å². The predicted molar refractivity (Wildman–Crippen MR) is 74.0 cm³/mol. The molecule has 0 saturated carbocycles. The van der Waals surface area contributed by atoms with Crippen LogP contribution in [0.5, 0.6) is 11.5 Å². The smallest absolute Gasteiger partial charge is 0.137 e. The lowest BCUT2D eigenvalue weighted by Gasteiger charge is -2.25. The number of pyridine rings is 1. The van der Waals surface area contributed by atoms with Gasteiger partial charge in [-0.2, -0.15) is 0 Å². The largest absolute Gasteiger partial charge is 0.493 e. The Morgan fingerprint density at radius 2 is 2.16 bits per heavy atom. The molecular formula is C15H14ClNO2. The van der Waals surface area contributed by atoms with Gasteiger partial charge in [0.1, 0.15) is 16.7 Å². The molecule has 0 N–H and O–H groups in total. The molecule has 4 heteroatoms. The van der Waals surface area contributed by atoms with Gasteiger partial charge in [-0.1, -0.05) is 29.8 Å². The van der Waals surface area contributed by atoms with Crippen molar-refractivity contribution in [1.29, 1.82) is 0 Å². The van der Waals surface area contributed by atoms with Crippen molar-refractivity contribution in [3.8, 4) is 11.5 Å². The van der Waals surface area contributed by atoms with Gasteiger partial charge in [-0.25, -0.2) is 4.98 Å². The highest BCUT2D eigenvalue weighted by Gasteiger charge is 2.21. The van der Waals surface area contributed by atoms with Crippen molar-refractivity contribution in [2.75, 3.05) is 13.2 Å². The molecule has 0 spiro atoms. The average molecular weight is 276 g/mol. The van der Waals surface area contributed by atoms with Crippen LogP contribution in [0.1, 0.15) is 17.9 Å². The predicted octanol–water partition coefficient (Wildman–Crippen LogP) is 3.68. The second-order valence-corrected chi connectivity index (χ2v) is 4.89. The van der Waals surface area contributed by atoms with Crippen molar-refractivity contribution in [2.24, 2.45) is 0 Å². The van der Waals surface area contributed by atoms with E-state index in [0.717, 1.165) is 24.5 Å². The van der Waals surface area contributed by atoms with Crippen LogP contribution in [0.2, 0.25) is 5.15 Å². The molecule has 2 aromatic rings. The highest BCUT2D eigenvalue weighted by atomic mass is 35.5. The van der Waals surface area contributed by atoms with Crippen LogP contribution in [0, 0.1) is 0 Å². The van der Waals surface area contributed by atoms with Crippen molar-refractivity contribution in [3.63, 3.8) is 0 Å². The van der Waals surface area contributed by atoms with Crippen LogP contribution in [0.25, 0.3) is 0 Å². The van der Waals surface area contributed by atoms with Crippen molar-refractivity contribution in [3.05, 3.63) is 53.3 Å². The Balaban J connectivity index is 1.69. The van der Waals surface area contributed by atoms with Gasteiger partial charge >= 0.3 is 0 Å². The van der Waals surface area contributed by atoms with Crippen LogP contribution in [-0.4, -0.2) is 18.2 Å². The molecule has 1 unspecified atom stereocenters. The molecule has 1 aromatic heterocycles. The SMILES string of the molecule is Clc1ccc(OCC2CCOc3ccccc32)cn1. The number of halogens is 1. The molecule has 1 aromatic carbocycles. The summed E-state index contributed by atoms with van der Waals surface area (Å²) in [6, 6.07) is 11.7. The molecular weight excluding hydrogens is 262 g/mol. The lowest BCUT2D eigenvalue weighted by Crippen LogP contribution is -2.19. The maximum Gasteiger partial charge on any atom is 0.137 e. The lowest BCUT2D eigenvalue weighted by molar-refractivity contribution is 0.217. The minimum Gasteiger partial charge on any atom is -0.493 e. The number of benzene rings is 1. The highest BCUT2D eigenvalue weighted by molar-refractivity contribution is 6.29. The number of aromatic nitrogens is 1. The summed E-state index contributed by atoms with van der Waals surface area (Å²) in [5, 5.41) is 0.476. The first kappa shape index (κ1) is 12.3. The van der Waals surface area contributed by atoms with Crippen LogP contribution < -0.4 is 9.47 Å². The summed E-state index contributed by atoms with van der Waals surface area (Å²) < 4.78 is 11.4. The molecule has 1 aliphatic rings. The molecule has 1 aliphatic heterocycles. The van der Waals surface area contributed by atoms with E-state index in [1.807, 2.05) is 24.3 Å². The number of hydrogen-bond acceptors (Lipinski definition) is 3. The first-order valence-electron chi connectivity index (χ1n) is 6.29. The molecule has 2 heterocycles. The van der Waals surface area contributed by atoms with E-state index in [1.165, 1.54) is 5.56 Å². The zero-order valence-electron chi connectivity index (χ0n) is 10.4. The quantitative estimate of drug-likeness (QED) is 0.801. The Morgan fingerprint density at radius 3 is 3.00 bits per heavy atom. The monoisotopic (exact) mass is 275 g/mol. The summed E-state index contributed by atoms with van der Waals surface area (Å²) in [6.45, 7) is 1.37. The fourth-order valence-corrected chi connectivity index (χ4v) is 2.35. The number of nitrogens with zero attached hydrogens (tertiary/aromatic N) is 1. The summed E-state index contributed by atoms with van der Waals surface area (Å²) in [6.07, 6.45) is 2.62. The second kappa shape index (κ2) is 5.49. The van der Waals surface area contributed by atoms with Crippen LogP contribution in [0.4, 0.5) is 0 Å². The third-order valence-corrected chi connectivity index (χ3v) is 3.46. The number of ether oxygens (including phenoxy) is 2. The second-order valence-electron chi connectivity index (χ2n) is 4.50. The van der Waals surface area contributed by atoms with Gasteiger partial charge in [0.2, 0.25) is 0 Å². The third kappa shape index (κ3) is 2.82. The first-order valence-corrected chi connectivity index (χ1v) is 6.67. The van der Waals surface area contributed by atoms with Gasteiger partial charge in [-0.15, -0.1) is 0 Å². The fraction of sp³-hybridized carbons (Fsp3) is 0.267. The molecule has 0 amide bonds. The number of para-hydroxylation sites is 1. The van der Waals surface area contributed by atoms with Crippen molar-refractivity contribution >= 4 is 11.6 Å². The van der Waals surface area contributed by atoms with E-state index in [-0.39, 0.29) is 0 Å². The molecule has 19 heavy (non-hydrogen) atoms. The van der Waals surface area contributed by atoms with Crippen LogP contribution >= 0.6 is 11.6 Å². The van der Waals surface area contributed by atoms with Gasteiger partial charge in [-0.3, -0.25) is 0 Å². The van der Waals surface area contributed by atoms with E-state index < -0.39 is 0 Å². The highest BCUT2D eigenvalue weighted by Crippen LogP contribution is 2.33. The Morgan fingerprint density at radius 1 is 1.26 bits per heavy atom. The van der Waals surface area contributed by atoms with E-state index >= 15 is 0 Å². The summed E-state index contributed by atoms with van der Waals surface area (Å²) in [7, 11) is 0. The molecule has 98 valence electrons. The summed E-state index contributed by atoms with van der Waals surface area (Å²) in [5.41, 5.74) is 1.22. The summed E-state index contributed by atoms with van der Waals surface area (Å²) in [4.78, 5) is 4.00. The van der Waals surface area contributed by atoms with E-state index in [1.54, 1.807) is 12.3 Å². The van der Waals surface area contributed by atoms with E-state index in [4.69, 9.17) is 21.1 Å². The zero-order valence-corrected chi connectivity index (χ0v) is 11.1. The zero-order chi connectivity index (χ0) is 13.1. The molecule has 3 nitrogen and oxygen atoms in total. The molecule has 0 aliphatic carbocycles.